The number of likely N-dealkylation sites (tertiary alicyclic amines) is 1. The molecule has 0 aliphatic carbocycles. The first kappa shape index (κ1) is 22.0. The van der Waals surface area contributed by atoms with Crippen LogP contribution in [-0.4, -0.2) is 57.8 Å². The van der Waals surface area contributed by atoms with Gasteiger partial charge in [0.15, 0.2) is 0 Å². The zero-order valence-electron chi connectivity index (χ0n) is 18.4. The number of anilines is 1. The van der Waals surface area contributed by atoms with E-state index in [1.807, 2.05) is 25.1 Å². The summed E-state index contributed by atoms with van der Waals surface area (Å²) in [5.41, 5.74) is 2.91. The third-order valence-electron chi connectivity index (χ3n) is 5.57. The van der Waals surface area contributed by atoms with E-state index in [-0.39, 0.29) is 18.6 Å². The molecule has 1 saturated heterocycles. The molecule has 3 aromatic rings. The summed E-state index contributed by atoms with van der Waals surface area (Å²) in [4.78, 5) is 18.4. The summed E-state index contributed by atoms with van der Waals surface area (Å²) in [6, 6.07) is 8.11. The van der Waals surface area contributed by atoms with E-state index in [4.69, 9.17) is 11.2 Å². The summed E-state index contributed by atoms with van der Waals surface area (Å²) >= 11 is 0. The number of piperidine rings is 1. The van der Waals surface area contributed by atoms with Crippen LogP contribution < -0.4 is 15.4 Å². The predicted octanol–water partition coefficient (Wildman–Crippen LogP) is 2.89. The predicted molar refractivity (Wildman–Crippen MR) is 125 cm³/mol. The second-order valence-corrected chi connectivity index (χ2v) is 7.69. The molecule has 3 aromatic heterocycles. The number of aromatic nitrogens is 3. The van der Waals surface area contributed by atoms with Crippen LogP contribution in [0, 0.1) is 23.7 Å². The molecule has 2 amide bonds. The second kappa shape index (κ2) is 9.92. The maximum absolute atomic E-state index is 12.0. The number of rotatable bonds is 6. The van der Waals surface area contributed by atoms with Gasteiger partial charge in [-0.3, -0.25) is 0 Å². The van der Waals surface area contributed by atoms with Crippen LogP contribution in [-0.2, 0) is 0 Å². The van der Waals surface area contributed by atoms with Crippen LogP contribution in [0.15, 0.2) is 36.8 Å². The number of fused-ring (bicyclic) bond motifs is 1. The quantitative estimate of drug-likeness (QED) is 0.567. The van der Waals surface area contributed by atoms with Crippen molar-refractivity contribution in [2.24, 2.45) is 0 Å². The largest absolute Gasteiger partial charge is 0.492 e. The van der Waals surface area contributed by atoms with Crippen LogP contribution in [0.2, 0.25) is 0 Å². The second-order valence-electron chi connectivity index (χ2n) is 7.69. The smallest absolute Gasteiger partial charge is 0.318 e. The van der Waals surface area contributed by atoms with Gasteiger partial charge >= 0.3 is 6.03 Å². The first-order valence-electron chi connectivity index (χ1n) is 10.9. The van der Waals surface area contributed by atoms with E-state index in [0.717, 1.165) is 35.3 Å². The molecule has 4 rings (SSSR count). The monoisotopic (exact) mass is 443 g/mol. The molecule has 9 nitrogen and oxygen atoms in total. The van der Waals surface area contributed by atoms with Crippen molar-refractivity contribution in [1.82, 2.24) is 24.8 Å². The Morgan fingerprint density at radius 1 is 1.33 bits per heavy atom. The molecule has 1 aliphatic heterocycles. The molecule has 1 fully saturated rings. The summed E-state index contributed by atoms with van der Waals surface area (Å²) in [5.74, 6) is 3.85. The number of urea groups is 1. The van der Waals surface area contributed by atoms with E-state index in [0.29, 0.717) is 31.0 Å². The van der Waals surface area contributed by atoms with Crippen molar-refractivity contribution in [3.05, 3.63) is 42.4 Å². The van der Waals surface area contributed by atoms with Crippen LogP contribution in [0.3, 0.4) is 0 Å². The van der Waals surface area contributed by atoms with Gasteiger partial charge in [-0.15, -0.1) is 6.42 Å². The number of nitrogens with zero attached hydrogens (tertiary/aromatic N) is 5. The Kier molecular flexibility index (Phi) is 6.61. The Labute approximate surface area is 192 Å². The van der Waals surface area contributed by atoms with E-state index >= 15 is 0 Å². The lowest BCUT2D eigenvalue weighted by molar-refractivity contribution is 0.185. The maximum atomic E-state index is 12.0. The van der Waals surface area contributed by atoms with Gasteiger partial charge in [0, 0.05) is 36.5 Å². The topological polar surface area (TPSA) is 108 Å². The average Bonchev–Trinajstić information content (AvgIpc) is 3.26. The summed E-state index contributed by atoms with van der Waals surface area (Å²) in [7, 11) is 0. The molecule has 9 heteroatoms. The van der Waals surface area contributed by atoms with Crippen molar-refractivity contribution in [3.63, 3.8) is 0 Å². The number of nitrogens with one attached hydrogen (secondary N) is 2. The van der Waals surface area contributed by atoms with Crippen molar-refractivity contribution in [1.29, 1.82) is 5.26 Å². The van der Waals surface area contributed by atoms with Gasteiger partial charge in [0.1, 0.15) is 17.6 Å². The highest BCUT2D eigenvalue weighted by atomic mass is 16.5. The number of carbonyl (C=O) groups excluding carboxylic acids is 1. The third kappa shape index (κ3) is 4.83. The molecule has 0 radical (unpaired) electrons. The fraction of sp³-hybridized carbons (Fsp3) is 0.333. The normalized spacial score (nSPS) is 13.8. The fourth-order valence-corrected chi connectivity index (χ4v) is 3.96. The first-order valence-corrected chi connectivity index (χ1v) is 10.9. The van der Waals surface area contributed by atoms with Crippen molar-refractivity contribution in [3.8, 4) is 35.3 Å². The van der Waals surface area contributed by atoms with Crippen molar-refractivity contribution in [2.75, 3.05) is 31.6 Å². The summed E-state index contributed by atoms with van der Waals surface area (Å²) in [5, 5.41) is 19.9. The summed E-state index contributed by atoms with van der Waals surface area (Å²) in [6.45, 7) is 4.01. The lowest BCUT2D eigenvalue weighted by Gasteiger charge is -2.32. The molecule has 2 N–H and O–H groups in total. The van der Waals surface area contributed by atoms with Gasteiger partial charge in [-0.25, -0.2) is 14.3 Å². The first-order chi connectivity index (χ1) is 16.1. The fourth-order valence-electron chi connectivity index (χ4n) is 3.96. The Morgan fingerprint density at radius 3 is 2.82 bits per heavy atom. The molecule has 33 heavy (non-hydrogen) atoms. The number of nitriles is 1. The molecule has 0 bridgehead atoms. The SMILES string of the molecule is C#CCNC(=O)N1CCC(Nc2ccc(-c3cc(OCC)cn4ncc(C#N)c34)cn2)CC1. The maximum Gasteiger partial charge on any atom is 0.318 e. The molecule has 0 aromatic carbocycles. The Hall–Kier alpha value is -4.24. The van der Waals surface area contributed by atoms with Crippen molar-refractivity contribution < 1.29 is 9.53 Å². The number of hydrogen-bond acceptors (Lipinski definition) is 6. The van der Waals surface area contributed by atoms with E-state index in [1.165, 1.54) is 0 Å². The van der Waals surface area contributed by atoms with Crippen molar-refractivity contribution in [2.45, 2.75) is 25.8 Å². The Morgan fingerprint density at radius 2 is 2.15 bits per heavy atom. The molecular weight excluding hydrogens is 418 g/mol. The van der Waals surface area contributed by atoms with Gasteiger partial charge < -0.3 is 20.3 Å². The third-order valence-corrected chi connectivity index (χ3v) is 5.57. The Balaban J connectivity index is 1.47. The minimum absolute atomic E-state index is 0.119. The number of terminal acetylenes is 1. The minimum atomic E-state index is -0.119. The highest BCUT2D eigenvalue weighted by Gasteiger charge is 2.22. The molecule has 0 unspecified atom stereocenters. The molecule has 0 spiro atoms. The lowest BCUT2D eigenvalue weighted by atomic mass is 10.0. The highest BCUT2D eigenvalue weighted by Crippen LogP contribution is 2.31. The number of pyridine rings is 2. The van der Waals surface area contributed by atoms with Crippen LogP contribution in [0.1, 0.15) is 25.3 Å². The zero-order chi connectivity index (χ0) is 23.2. The lowest BCUT2D eigenvalue weighted by Crippen LogP contribution is -2.47. The number of carbonyl (C=O) groups is 1. The van der Waals surface area contributed by atoms with Crippen LogP contribution in [0.25, 0.3) is 16.6 Å². The van der Waals surface area contributed by atoms with Crippen LogP contribution >= 0.6 is 0 Å². The minimum Gasteiger partial charge on any atom is -0.492 e. The van der Waals surface area contributed by atoms with Crippen LogP contribution in [0.4, 0.5) is 10.6 Å². The average molecular weight is 444 g/mol. The van der Waals surface area contributed by atoms with Crippen LogP contribution in [0.5, 0.6) is 5.75 Å². The van der Waals surface area contributed by atoms with Gasteiger partial charge in [-0.05, 0) is 38.0 Å². The van der Waals surface area contributed by atoms with Crippen molar-refractivity contribution >= 4 is 17.4 Å². The molecular formula is C24H25N7O2. The number of ether oxygens (including phenoxy) is 1. The molecule has 4 heterocycles. The standard InChI is InChI=1S/C24H25N7O2/c1-3-9-26-24(32)30-10-7-19(8-11-30)29-22-6-5-17(14-27-22)21-12-20(33-4-2)16-31-23(21)18(13-25)15-28-31/h1,5-6,12,14-16,19H,4,7-11H2,2H3,(H,26,32)(H,27,29). The van der Waals surface area contributed by atoms with E-state index in [2.05, 4.69) is 32.7 Å². The highest BCUT2D eigenvalue weighted by molar-refractivity contribution is 5.85. The molecule has 168 valence electrons. The Bertz CT molecular complexity index is 1210. The van der Waals surface area contributed by atoms with E-state index in [1.54, 1.807) is 28.0 Å². The van der Waals surface area contributed by atoms with E-state index < -0.39 is 0 Å². The van der Waals surface area contributed by atoms with E-state index in [9.17, 15) is 10.1 Å². The molecule has 0 saturated carbocycles. The van der Waals surface area contributed by atoms with Gasteiger partial charge in [0.2, 0.25) is 0 Å². The molecule has 0 atom stereocenters. The van der Waals surface area contributed by atoms with Gasteiger partial charge in [0.05, 0.1) is 36.6 Å². The zero-order valence-corrected chi connectivity index (χ0v) is 18.4. The molecule has 1 aliphatic rings. The number of hydrogen-bond donors (Lipinski definition) is 2. The van der Waals surface area contributed by atoms with Gasteiger partial charge in [-0.2, -0.15) is 10.4 Å². The number of amides is 2. The van der Waals surface area contributed by atoms with Gasteiger partial charge in [0.25, 0.3) is 0 Å². The summed E-state index contributed by atoms with van der Waals surface area (Å²) < 4.78 is 7.34. The van der Waals surface area contributed by atoms with Gasteiger partial charge in [-0.1, -0.05) is 5.92 Å². The summed E-state index contributed by atoms with van der Waals surface area (Å²) in [6.07, 6.45) is 11.9.